The molecule has 0 bridgehead atoms. The Balaban J connectivity index is 1.63. The van der Waals surface area contributed by atoms with Gasteiger partial charge in [0.05, 0.1) is 28.1 Å². The lowest BCUT2D eigenvalue weighted by Crippen LogP contribution is -2.67. The molecule has 3 aromatic rings. The number of β-lactam (4-membered cyclic amide) rings is 1. The number of anilines is 1. The van der Waals surface area contributed by atoms with Crippen molar-refractivity contribution in [2.45, 2.75) is 19.0 Å². The molecular weight excluding hydrogens is 554 g/mol. The maximum atomic E-state index is 13.6. The van der Waals surface area contributed by atoms with E-state index >= 15 is 0 Å². The highest BCUT2D eigenvalue weighted by atomic mass is 79.9. The Morgan fingerprint density at radius 3 is 2.39 bits per heavy atom. The summed E-state index contributed by atoms with van der Waals surface area (Å²) in [5.41, 5.74) is 1.04. The highest BCUT2D eigenvalue weighted by Gasteiger charge is 2.58. The average Bonchev–Trinajstić information content (AvgIpc) is 3.09. The number of rotatable bonds is 5. The van der Waals surface area contributed by atoms with Crippen LogP contribution in [0.2, 0.25) is 5.02 Å². The van der Waals surface area contributed by atoms with Crippen LogP contribution >= 0.6 is 27.5 Å². The number of methoxy groups -OCH3 is 1. The van der Waals surface area contributed by atoms with Crippen LogP contribution in [-0.2, 0) is 4.79 Å². The normalized spacial score (nSPS) is 18.8. The third kappa shape index (κ3) is 3.48. The summed E-state index contributed by atoms with van der Waals surface area (Å²) >= 11 is 9.76. The molecule has 3 aromatic carbocycles. The molecule has 3 amide bonds. The molecule has 0 aliphatic carbocycles. The Morgan fingerprint density at radius 1 is 1.00 bits per heavy atom. The second-order valence-corrected chi connectivity index (χ2v) is 9.62. The van der Waals surface area contributed by atoms with E-state index in [4.69, 9.17) is 16.3 Å². The van der Waals surface area contributed by atoms with Crippen molar-refractivity contribution in [2.75, 3.05) is 12.0 Å². The minimum absolute atomic E-state index is 0.103. The topological polar surface area (TPSA) is 110 Å². The van der Waals surface area contributed by atoms with Gasteiger partial charge in [-0.15, -0.1) is 0 Å². The standard InChI is InChI=1S/C25H17BrClN3O6/c1-12-6-8-14(11-17(12)27)28-21(13-7-9-19(36-2)16(26)10-13)22(25(28)33)29-23(31)15-4-3-5-18(30(34)35)20(15)24(29)32/h3-11,21-22H,1-2H3/t21-,22-/m1/s1. The molecule has 1 saturated heterocycles. The van der Waals surface area contributed by atoms with E-state index in [9.17, 15) is 24.5 Å². The predicted molar refractivity (Wildman–Crippen MR) is 134 cm³/mol. The van der Waals surface area contributed by atoms with Gasteiger partial charge in [0.1, 0.15) is 17.4 Å². The summed E-state index contributed by atoms with van der Waals surface area (Å²) in [6.07, 6.45) is 0. The Labute approximate surface area is 218 Å². The Hall–Kier alpha value is -3.76. The molecule has 2 aliphatic rings. The van der Waals surface area contributed by atoms with Crippen molar-refractivity contribution in [2.24, 2.45) is 0 Å². The first-order chi connectivity index (χ1) is 17.1. The van der Waals surface area contributed by atoms with Crippen LogP contribution < -0.4 is 9.64 Å². The van der Waals surface area contributed by atoms with Crippen molar-refractivity contribution < 1.29 is 24.0 Å². The van der Waals surface area contributed by atoms with Crippen LogP contribution in [0.3, 0.4) is 0 Å². The fourth-order valence-electron chi connectivity index (χ4n) is 4.63. The van der Waals surface area contributed by atoms with Gasteiger partial charge in [-0.2, -0.15) is 0 Å². The van der Waals surface area contributed by atoms with Crippen LogP contribution in [0.15, 0.2) is 59.1 Å². The molecule has 2 aliphatic heterocycles. The molecule has 0 saturated carbocycles. The van der Waals surface area contributed by atoms with Gasteiger partial charge in [-0.1, -0.05) is 29.8 Å². The van der Waals surface area contributed by atoms with Crippen LogP contribution in [0.5, 0.6) is 5.75 Å². The molecule has 0 spiro atoms. The number of carbonyl (C=O) groups excluding carboxylic acids is 3. The number of halogens is 2. The van der Waals surface area contributed by atoms with Gasteiger partial charge in [-0.25, -0.2) is 0 Å². The fourth-order valence-corrected chi connectivity index (χ4v) is 5.37. The maximum absolute atomic E-state index is 13.6. The summed E-state index contributed by atoms with van der Waals surface area (Å²) in [7, 11) is 1.52. The quantitative estimate of drug-likeness (QED) is 0.183. The van der Waals surface area contributed by atoms with Crippen LogP contribution in [0.1, 0.15) is 37.9 Å². The number of nitro benzene ring substituents is 1. The van der Waals surface area contributed by atoms with E-state index in [1.807, 2.05) is 6.92 Å². The van der Waals surface area contributed by atoms with Crippen molar-refractivity contribution in [1.82, 2.24) is 4.90 Å². The largest absolute Gasteiger partial charge is 0.496 e. The zero-order valence-electron chi connectivity index (χ0n) is 18.9. The van der Waals surface area contributed by atoms with Gasteiger partial charge >= 0.3 is 0 Å². The Kier molecular flexibility index (Phi) is 5.80. The first-order valence-electron chi connectivity index (χ1n) is 10.7. The average molecular weight is 571 g/mol. The van der Waals surface area contributed by atoms with Crippen molar-refractivity contribution in [3.05, 3.63) is 96.5 Å². The third-order valence-electron chi connectivity index (χ3n) is 6.42. The third-order valence-corrected chi connectivity index (χ3v) is 7.44. The number of benzene rings is 3. The van der Waals surface area contributed by atoms with Gasteiger partial charge in [-0.05, 0) is 64.3 Å². The van der Waals surface area contributed by atoms with Gasteiger partial charge in [-0.3, -0.25) is 29.4 Å². The number of ether oxygens (including phenoxy) is 1. The van der Waals surface area contributed by atoms with Gasteiger partial charge in [0.2, 0.25) is 0 Å². The molecule has 1 fully saturated rings. The zero-order valence-corrected chi connectivity index (χ0v) is 21.2. The second-order valence-electron chi connectivity index (χ2n) is 8.36. The smallest absolute Gasteiger partial charge is 0.282 e. The van der Waals surface area contributed by atoms with Crippen molar-refractivity contribution in [3.63, 3.8) is 0 Å². The van der Waals surface area contributed by atoms with Crippen molar-refractivity contribution in [1.29, 1.82) is 0 Å². The molecule has 0 radical (unpaired) electrons. The number of nitrogens with zero attached hydrogens (tertiary/aromatic N) is 3. The Morgan fingerprint density at radius 2 is 1.75 bits per heavy atom. The lowest BCUT2D eigenvalue weighted by atomic mass is 9.86. The summed E-state index contributed by atoms with van der Waals surface area (Å²) in [6.45, 7) is 1.83. The van der Waals surface area contributed by atoms with Crippen LogP contribution in [0.4, 0.5) is 11.4 Å². The number of fused-ring (bicyclic) bond motifs is 1. The van der Waals surface area contributed by atoms with Crippen molar-refractivity contribution >= 4 is 56.6 Å². The van der Waals surface area contributed by atoms with E-state index < -0.39 is 40.4 Å². The molecular formula is C25H17BrClN3O6. The molecule has 0 unspecified atom stereocenters. The van der Waals surface area contributed by atoms with Crippen LogP contribution in [0.25, 0.3) is 0 Å². The summed E-state index contributed by atoms with van der Waals surface area (Å²) < 4.78 is 5.92. The lowest BCUT2D eigenvalue weighted by molar-refractivity contribution is -0.385. The van der Waals surface area contributed by atoms with E-state index in [1.54, 1.807) is 36.4 Å². The monoisotopic (exact) mass is 569 g/mol. The molecule has 0 N–H and O–H groups in total. The van der Waals surface area contributed by atoms with Crippen LogP contribution in [-0.4, -0.2) is 40.7 Å². The molecule has 2 atom stereocenters. The maximum Gasteiger partial charge on any atom is 0.282 e. The van der Waals surface area contributed by atoms with Gasteiger partial charge in [0, 0.05) is 16.8 Å². The van der Waals surface area contributed by atoms with E-state index in [1.165, 1.54) is 24.1 Å². The van der Waals surface area contributed by atoms with E-state index in [2.05, 4.69) is 15.9 Å². The molecule has 11 heteroatoms. The van der Waals surface area contributed by atoms with Gasteiger partial charge in [0.25, 0.3) is 23.4 Å². The number of hydrogen-bond acceptors (Lipinski definition) is 6. The van der Waals surface area contributed by atoms with Crippen molar-refractivity contribution in [3.8, 4) is 5.75 Å². The molecule has 2 heterocycles. The predicted octanol–water partition coefficient (Wildman–Crippen LogP) is 5.08. The SMILES string of the molecule is COc1ccc([C@@H]2[C@@H](N3C(=O)c4cccc([N+](=O)[O-])c4C3=O)C(=O)N2c2ccc(C)c(Cl)c2)cc1Br. The van der Waals surface area contributed by atoms with Gasteiger partial charge in [0.15, 0.2) is 0 Å². The molecule has 5 rings (SSSR count). The summed E-state index contributed by atoms with van der Waals surface area (Å²) in [5, 5.41) is 12.0. The fraction of sp³-hybridized carbons (Fsp3) is 0.160. The first-order valence-corrected chi connectivity index (χ1v) is 11.9. The minimum atomic E-state index is -1.21. The number of carbonyl (C=O) groups is 3. The van der Waals surface area contributed by atoms with Crippen LogP contribution in [0, 0.1) is 17.0 Å². The molecule has 36 heavy (non-hydrogen) atoms. The lowest BCUT2D eigenvalue weighted by Gasteiger charge is -2.49. The number of hydrogen-bond donors (Lipinski definition) is 0. The number of amides is 3. The summed E-state index contributed by atoms with van der Waals surface area (Å²) in [4.78, 5) is 53.4. The first kappa shape index (κ1) is 24.0. The van der Waals surface area contributed by atoms with E-state index in [0.29, 0.717) is 26.5 Å². The number of aryl methyl sites for hydroxylation is 1. The number of imide groups is 1. The highest BCUT2D eigenvalue weighted by molar-refractivity contribution is 9.10. The number of nitro groups is 1. The zero-order chi connectivity index (χ0) is 25.9. The highest BCUT2D eigenvalue weighted by Crippen LogP contribution is 2.46. The second kappa shape index (κ2) is 8.72. The molecule has 9 nitrogen and oxygen atoms in total. The minimum Gasteiger partial charge on any atom is -0.496 e. The molecule has 182 valence electrons. The van der Waals surface area contributed by atoms with Gasteiger partial charge < -0.3 is 9.64 Å². The van der Waals surface area contributed by atoms with E-state index in [-0.39, 0.29) is 11.1 Å². The summed E-state index contributed by atoms with van der Waals surface area (Å²) in [6, 6.07) is 12.2. The van der Waals surface area contributed by atoms with E-state index in [0.717, 1.165) is 16.5 Å². The molecule has 0 aromatic heterocycles. The Bertz CT molecular complexity index is 1490. The summed E-state index contributed by atoms with van der Waals surface area (Å²) in [5.74, 6) is -1.58.